The Balaban J connectivity index is 1.07. The largest absolute Gasteiger partial charge is 0.310 e. The van der Waals surface area contributed by atoms with E-state index in [9.17, 15) is 5.26 Å². The van der Waals surface area contributed by atoms with Gasteiger partial charge in [0.15, 0.2) is 0 Å². The van der Waals surface area contributed by atoms with Crippen molar-refractivity contribution in [1.82, 2.24) is 4.40 Å². The van der Waals surface area contributed by atoms with Gasteiger partial charge in [-0.25, -0.2) is 0 Å². The van der Waals surface area contributed by atoms with Gasteiger partial charge in [0.1, 0.15) is 0 Å². The molecule has 2 heterocycles. The fraction of sp³-hybridized carbons (Fsp3) is 0.219. The minimum Gasteiger partial charge on any atom is -0.310 e. The molecule has 0 spiro atoms. The SMILES string of the molecule is CC(C)(C)c1ccc(N(c2ccc(C(C)(C)C)cc2)c2ccc3cc4c5cc(-c6ccc(C#N)cc6)cc6c7cc8ccc(N(c9ccc(C(C)(C)C)cc9)c9ccc(C(C)(C)C)cc9)cc8cc7n(c4cc3c2)c56)cc1. The Morgan fingerprint density at radius 1 is 0.312 bits per heavy atom. The number of anilines is 6. The summed E-state index contributed by atoms with van der Waals surface area (Å²) in [6, 6.07) is 75.0. The average molecular weight is 1000 g/mol. The van der Waals surface area contributed by atoms with Crippen molar-refractivity contribution in [3.8, 4) is 17.2 Å². The minimum absolute atomic E-state index is 0.0439. The molecule has 0 radical (unpaired) electrons. The van der Waals surface area contributed by atoms with E-state index in [1.54, 1.807) is 0 Å². The summed E-state index contributed by atoms with van der Waals surface area (Å²) in [5.74, 6) is 0. The molecule has 4 nitrogen and oxygen atoms in total. The molecule has 0 aliphatic carbocycles. The van der Waals surface area contributed by atoms with Crippen molar-refractivity contribution in [2.45, 2.75) is 105 Å². The Bertz CT molecular complexity index is 3890. The zero-order valence-corrected chi connectivity index (χ0v) is 46.8. The first kappa shape index (κ1) is 49.5. The number of nitriles is 1. The van der Waals surface area contributed by atoms with E-state index in [-0.39, 0.29) is 21.7 Å². The monoisotopic (exact) mass is 1000 g/mol. The van der Waals surface area contributed by atoms with Crippen LogP contribution in [0.5, 0.6) is 0 Å². The molecule has 12 rings (SSSR count). The van der Waals surface area contributed by atoms with Gasteiger partial charge in [-0.2, -0.15) is 5.26 Å². The Morgan fingerprint density at radius 3 is 0.948 bits per heavy atom. The second kappa shape index (κ2) is 17.9. The zero-order chi connectivity index (χ0) is 53.9. The number of hydrogen-bond acceptors (Lipinski definition) is 3. The van der Waals surface area contributed by atoms with E-state index in [2.05, 4.69) is 285 Å². The van der Waals surface area contributed by atoms with Gasteiger partial charge in [-0.3, -0.25) is 0 Å². The lowest BCUT2D eigenvalue weighted by molar-refractivity contribution is 0.590. The summed E-state index contributed by atoms with van der Waals surface area (Å²) in [5, 5.41) is 19.3. The van der Waals surface area contributed by atoms with Crippen LogP contribution in [-0.4, -0.2) is 4.40 Å². The lowest BCUT2D eigenvalue weighted by atomic mass is 9.86. The maximum atomic E-state index is 9.72. The van der Waals surface area contributed by atoms with Crippen molar-refractivity contribution < 1.29 is 0 Å². The predicted molar refractivity (Wildman–Crippen MR) is 330 cm³/mol. The standard InChI is InChI=1S/C73H68N4/c1-70(2,3)53-19-29-57(30-20-53)75(58-31-21-54(22-32-58)71(4,5)6)61-27-17-48-39-63-65-41-52(47-15-13-46(45-74)14-16-47)42-66-64-40-49-18-28-62(38-51(49)44-68(64)77(69(65)66)67(63)43-50(48)37-61)76(59-33-23-55(24-34-59)72(7,8)9)60-35-25-56(26-36-60)73(10,11)12/h13-44H,1-12H3. The fourth-order valence-corrected chi connectivity index (χ4v) is 11.5. The third kappa shape index (κ3) is 8.82. The molecule has 77 heavy (non-hydrogen) atoms. The third-order valence-corrected chi connectivity index (χ3v) is 16.1. The number of hydrogen-bond donors (Lipinski definition) is 0. The topological polar surface area (TPSA) is 34.7 Å². The van der Waals surface area contributed by atoms with Crippen LogP contribution in [-0.2, 0) is 21.7 Å². The normalized spacial score (nSPS) is 12.7. The van der Waals surface area contributed by atoms with Crippen molar-refractivity contribution in [3.63, 3.8) is 0 Å². The Kier molecular flexibility index (Phi) is 11.5. The molecule has 0 bridgehead atoms. The number of aromatic nitrogens is 1. The summed E-state index contributed by atoms with van der Waals surface area (Å²) in [7, 11) is 0. The first-order valence-electron chi connectivity index (χ1n) is 27.3. The molecular formula is C73H68N4. The fourth-order valence-electron chi connectivity index (χ4n) is 11.5. The van der Waals surface area contributed by atoms with Crippen molar-refractivity contribution in [2.24, 2.45) is 0 Å². The smallest absolute Gasteiger partial charge is 0.0991 e. The number of fused-ring (bicyclic) bond motifs is 8. The maximum Gasteiger partial charge on any atom is 0.0991 e. The van der Waals surface area contributed by atoms with Gasteiger partial charge in [-0.05, 0) is 198 Å². The molecule has 0 aliphatic heterocycles. The molecule has 0 amide bonds. The molecule has 380 valence electrons. The molecule has 0 unspecified atom stereocenters. The van der Waals surface area contributed by atoms with Gasteiger partial charge in [0, 0.05) is 55.7 Å². The van der Waals surface area contributed by atoms with Crippen LogP contribution in [0.2, 0.25) is 0 Å². The second-order valence-electron chi connectivity index (χ2n) is 25.6. The number of benzene rings is 10. The first-order chi connectivity index (χ1) is 36.6. The number of rotatable bonds is 7. The van der Waals surface area contributed by atoms with Crippen molar-refractivity contribution >= 4 is 93.8 Å². The predicted octanol–water partition coefficient (Wildman–Crippen LogP) is 20.8. The van der Waals surface area contributed by atoms with Crippen LogP contribution in [0.1, 0.15) is 111 Å². The van der Waals surface area contributed by atoms with Crippen LogP contribution in [0.25, 0.3) is 70.8 Å². The summed E-state index contributed by atoms with van der Waals surface area (Å²) < 4.78 is 2.53. The first-order valence-corrected chi connectivity index (χ1v) is 27.3. The molecule has 0 aliphatic rings. The van der Waals surface area contributed by atoms with E-state index in [4.69, 9.17) is 0 Å². The summed E-state index contributed by atoms with van der Waals surface area (Å²) in [5.41, 5.74) is 18.6. The van der Waals surface area contributed by atoms with Crippen LogP contribution in [0, 0.1) is 11.3 Å². The maximum absolute atomic E-state index is 9.72. The van der Waals surface area contributed by atoms with Gasteiger partial charge >= 0.3 is 0 Å². The van der Waals surface area contributed by atoms with Gasteiger partial charge in [0.05, 0.1) is 28.2 Å². The molecule has 0 fully saturated rings. The molecule has 0 saturated carbocycles. The van der Waals surface area contributed by atoms with Crippen LogP contribution < -0.4 is 9.80 Å². The van der Waals surface area contributed by atoms with Crippen LogP contribution in [0.4, 0.5) is 34.1 Å². The molecule has 2 aromatic heterocycles. The van der Waals surface area contributed by atoms with Gasteiger partial charge in [0.25, 0.3) is 0 Å². The lowest BCUT2D eigenvalue weighted by Crippen LogP contribution is -2.14. The quantitative estimate of drug-likeness (QED) is 0.160. The number of nitrogens with zero attached hydrogens (tertiary/aromatic N) is 4. The molecule has 12 aromatic rings. The molecular weight excluding hydrogens is 933 g/mol. The summed E-state index contributed by atoms with van der Waals surface area (Å²) in [6.07, 6.45) is 0. The van der Waals surface area contributed by atoms with Crippen molar-refractivity contribution in [2.75, 3.05) is 9.80 Å². The van der Waals surface area contributed by atoms with Crippen molar-refractivity contribution in [3.05, 3.63) is 222 Å². The molecule has 0 saturated heterocycles. The highest BCUT2D eigenvalue weighted by atomic mass is 15.1. The minimum atomic E-state index is 0.0439. The van der Waals surface area contributed by atoms with Gasteiger partial charge in [-0.15, -0.1) is 0 Å². The van der Waals surface area contributed by atoms with Crippen LogP contribution >= 0.6 is 0 Å². The highest BCUT2D eigenvalue weighted by Gasteiger charge is 2.24. The Labute approximate surface area is 454 Å². The second-order valence-corrected chi connectivity index (χ2v) is 25.6. The molecule has 10 aromatic carbocycles. The van der Waals surface area contributed by atoms with E-state index in [0.29, 0.717) is 5.56 Å². The van der Waals surface area contributed by atoms with E-state index < -0.39 is 0 Å². The molecule has 0 atom stereocenters. The molecule has 0 N–H and O–H groups in total. The van der Waals surface area contributed by atoms with E-state index >= 15 is 0 Å². The third-order valence-electron chi connectivity index (χ3n) is 16.1. The van der Waals surface area contributed by atoms with Crippen LogP contribution in [0.3, 0.4) is 0 Å². The van der Waals surface area contributed by atoms with Crippen LogP contribution in [0.15, 0.2) is 194 Å². The Morgan fingerprint density at radius 2 is 0.636 bits per heavy atom. The Hall–Kier alpha value is -8.39. The lowest BCUT2D eigenvalue weighted by Gasteiger charge is -2.28. The highest BCUT2D eigenvalue weighted by Crippen LogP contribution is 2.47. The van der Waals surface area contributed by atoms with E-state index in [1.807, 2.05) is 12.1 Å². The summed E-state index contributed by atoms with van der Waals surface area (Å²) in [4.78, 5) is 4.80. The average Bonchev–Trinajstić information content (AvgIpc) is 4.15. The highest BCUT2D eigenvalue weighted by molar-refractivity contribution is 6.27. The van der Waals surface area contributed by atoms with E-state index in [0.717, 1.165) is 45.3 Å². The zero-order valence-electron chi connectivity index (χ0n) is 46.8. The summed E-state index contributed by atoms with van der Waals surface area (Å²) in [6.45, 7) is 27.3. The summed E-state index contributed by atoms with van der Waals surface area (Å²) >= 11 is 0. The van der Waals surface area contributed by atoms with Gasteiger partial charge in [-0.1, -0.05) is 156 Å². The van der Waals surface area contributed by atoms with Gasteiger partial charge in [0.2, 0.25) is 0 Å². The van der Waals surface area contributed by atoms with E-state index in [1.165, 1.54) is 81.9 Å². The van der Waals surface area contributed by atoms with Gasteiger partial charge < -0.3 is 14.2 Å². The van der Waals surface area contributed by atoms with Crippen molar-refractivity contribution in [1.29, 1.82) is 5.26 Å². The molecule has 4 heteroatoms.